The predicted octanol–water partition coefficient (Wildman–Crippen LogP) is 2.54. The van der Waals surface area contributed by atoms with Crippen LogP contribution in [0.2, 0.25) is 0 Å². The molecule has 186 valence electrons. The first-order valence-electron chi connectivity index (χ1n) is 11.1. The number of nitro benzene ring substituents is 1. The summed E-state index contributed by atoms with van der Waals surface area (Å²) in [5, 5.41) is 14.0. The minimum Gasteiger partial charge on any atom is -0.476 e. The van der Waals surface area contributed by atoms with Gasteiger partial charge in [0.05, 0.1) is 30.6 Å². The van der Waals surface area contributed by atoms with Gasteiger partial charge in [-0.1, -0.05) is 12.1 Å². The maximum absolute atomic E-state index is 10.8. The van der Waals surface area contributed by atoms with Gasteiger partial charge in [-0.2, -0.15) is 0 Å². The number of aliphatic imine (C=N–C) groups is 1. The van der Waals surface area contributed by atoms with Crippen LogP contribution in [0.3, 0.4) is 0 Å². The Morgan fingerprint density at radius 1 is 1.34 bits per heavy atom. The largest absolute Gasteiger partial charge is 0.476 e. The average Bonchev–Trinajstić information content (AvgIpc) is 3.61. The number of anilines is 1. The van der Waals surface area contributed by atoms with Gasteiger partial charge >= 0.3 is 8.60 Å². The molecule has 2 N–H and O–H groups in total. The number of fused-ring (bicyclic) bond motifs is 3. The third-order valence-electron chi connectivity index (χ3n) is 5.90. The van der Waals surface area contributed by atoms with Gasteiger partial charge in [-0.05, 0) is 18.4 Å². The molecule has 5 rings (SSSR count). The SMILES string of the molecule is COP(O)OCC1CCC(n2cnc3c2N2C=CNC2N=C3OCCc2ccc([N+](=O)[O-])cc2)O1. The standard InChI is InChI=1S/C21H25N6O7P/c1-31-35(30)33-12-16-6-7-17(34-16)26-13-23-18-19(24-21-22-9-10-25(21)20(18)26)32-11-8-14-2-4-15(5-3-14)27(28)29/h2-5,9-10,13,16-17,21-22,30H,6-8,11-12H2,1H3. The van der Waals surface area contributed by atoms with Crippen LogP contribution in [-0.2, 0) is 24.9 Å². The van der Waals surface area contributed by atoms with Crippen molar-refractivity contribution in [2.45, 2.75) is 37.9 Å². The number of ether oxygens (including phenoxy) is 2. The second-order valence-corrected chi connectivity index (χ2v) is 9.15. The fourth-order valence-corrected chi connectivity index (χ4v) is 4.57. The highest BCUT2D eigenvalue weighted by Gasteiger charge is 2.37. The highest BCUT2D eigenvalue weighted by atomic mass is 31.2. The maximum atomic E-state index is 10.8. The molecule has 0 radical (unpaired) electrons. The second-order valence-electron chi connectivity index (χ2n) is 8.05. The lowest BCUT2D eigenvalue weighted by Gasteiger charge is -2.30. The first-order chi connectivity index (χ1) is 17.0. The van der Waals surface area contributed by atoms with E-state index < -0.39 is 13.5 Å². The van der Waals surface area contributed by atoms with Crippen molar-refractivity contribution in [2.24, 2.45) is 4.99 Å². The first kappa shape index (κ1) is 23.6. The number of hydrogen-bond donors (Lipinski definition) is 2. The van der Waals surface area contributed by atoms with E-state index in [1.54, 1.807) is 18.5 Å². The lowest BCUT2D eigenvalue weighted by atomic mass is 10.1. The molecule has 1 aromatic carbocycles. The molecular weight excluding hydrogens is 479 g/mol. The topological polar surface area (TPSA) is 146 Å². The van der Waals surface area contributed by atoms with Crippen LogP contribution in [0.25, 0.3) is 0 Å². The Morgan fingerprint density at radius 3 is 2.94 bits per heavy atom. The van der Waals surface area contributed by atoms with E-state index in [1.165, 1.54) is 19.2 Å². The van der Waals surface area contributed by atoms with Crippen LogP contribution >= 0.6 is 8.60 Å². The van der Waals surface area contributed by atoms with Crippen molar-refractivity contribution in [2.75, 3.05) is 25.2 Å². The molecule has 1 fully saturated rings. The van der Waals surface area contributed by atoms with Crippen molar-refractivity contribution in [3.8, 4) is 0 Å². The predicted molar refractivity (Wildman–Crippen MR) is 125 cm³/mol. The quantitative estimate of drug-likeness (QED) is 0.297. The van der Waals surface area contributed by atoms with Crippen LogP contribution in [0, 0.1) is 10.1 Å². The van der Waals surface area contributed by atoms with Gasteiger partial charge in [0.25, 0.3) is 5.69 Å². The minimum absolute atomic E-state index is 0.0557. The summed E-state index contributed by atoms with van der Waals surface area (Å²) in [5.74, 6) is 1.23. The molecule has 1 saturated heterocycles. The number of nitrogens with one attached hydrogen (secondary N) is 1. The summed E-state index contributed by atoms with van der Waals surface area (Å²) in [6.07, 6.45) is 6.76. The normalized spacial score (nSPS) is 23.4. The molecule has 14 heteroatoms. The Bertz CT molecular complexity index is 1120. The van der Waals surface area contributed by atoms with Gasteiger partial charge < -0.3 is 28.7 Å². The zero-order valence-electron chi connectivity index (χ0n) is 18.9. The van der Waals surface area contributed by atoms with Gasteiger partial charge in [-0.3, -0.25) is 19.6 Å². The van der Waals surface area contributed by atoms with Crippen molar-refractivity contribution in [3.63, 3.8) is 0 Å². The molecule has 35 heavy (non-hydrogen) atoms. The molecule has 0 saturated carbocycles. The van der Waals surface area contributed by atoms with Crippen LogP contribution in [-0.4, -0.2) is 58.0 Å². The van der Waals surface area contributed by atoms with E-state index in [-0.39, 0.29) is 30.9 Å². The maximum Gasteiger partial charge on any atom is 0.329 e. The summed E-state index contributed by atoms with van der Waals surface area (Å²) >= 11 is 0. The van der Waals surface area contributed by atoms with Crippen molar-refractivity contribution < 1.29 is 28.3 Å². The van der Waals surface area contributed by atoms with Crippen LogP contribution < -0.4 is 10.2 Å². The molecule has 13 nitrogen and oxygen atoms in total. The lowest BCUT2D eigenvalue weighted by molar-refractivity contribution is -0.384. The summed E-state index contributed by atoms with van der Waals surface area (Å²) < 4.78 is 24.2. The van der Waals surface area contributed by atoms with Gasteiger partial charge in [-0.15, -0.1) is 0 Å². The van der Waals surface area contributed by atoms with Crippen molar-refractivity contribution in [1.82, 2.24) is 14.9 Å². The van der Waals surface area contributed by atoms with E-state index in [1.807, 2.05) is 21.9 Å². The Morgan fingerprint density at radius 2 is 2.17 bits per heavy atom. The van der Waals surface area contributed by atoms with Crippen LogP contribution in [0.5, 0.6) is 0 Å². The number of non-ortho nitro benzene ring substituents is 1. The number of rotatable bonds is 9. The fraction of sp³-hybridized carbons (Fsp3) is 0.429. The van der Waals surface area contributed by atoms with Crippen molar-refractivity contribution in [3.05, 3.63) is 64.4 Å². The molecule has 0 amide bonds. The number of benzene rings is 1. The Labute approximate surface area is 202 Å². The van der Waals surface area contributed by atoms with E-state index in [0.717, 1.165) is 24.2 Å². The van der Waals surface area contributed by atoms with E-state index in [0.29, 0.717) is 24.6 Å². The Balaban J connectivity index is 1.27. The van der Waals surface area contributed by atoms with Crippen LogP contribution in [0.4, 0.5) is 11.5 Å². The van der Waals surface area contributed by atoms with Crippen LogP contribution in [0.1, 0.15) is 30.3 Å². The first-order valence-corrected chi connectivity index (χ1v) is 12.2. The third kappa shape index (κ3) is 5.00. The minimum atomic E-state index is -1.89. The Hall–Kier alpha value is -3.09. The number of nitrogens with zero attached hydrogens (tertiary/aromatic N) is 5. The zero-order chi connectivity index (χ0) is 24.4. The molecule has 0 aliphatic carbocycles. The zero-order valence-corrected chi connectivity index (χ0v) is 19.8. The molecule has 1 aromatic heterocycles. The summed E-state index contributed by atoms with van der Waals surface area (Å²) in [4.78, 5) is 31.1. The average molecular weight is 504 g/mol. The Kier molecular flexibility index (Phi) is 6.93. The van der Waals surface area contributed by atoms with Crippen molar-refractivity contribution >= 4 is 26.0 Å². The molecule has 3 aliphatic heterocycles. The molecular formula is C21H25N6O7P. The third-order valence-corrected chi connectivity index (χ3v) is 6.58. The van der Waals surface area contributed by atoms with Gasteiger partial charge in [0.2, 0.25) is 12.2 Å². The van der Waals surface area contributed by atoms with Crippen molar-refractivity contribution in [1.29, 1.82) is 0 Å². The summed E-state index contributed by atoms with van der Waals surface area (Å²) in [6.45, 7) is 0.585. The second kappa shape index (κ2) is 10.3. The highest BCUT2D eigenvalue weighted by Crippen LogP contribution is 2.39. The molecule has 2 aromatic rings. The van der Waals surface area contributed by atoms with Gasteiger partial charge in [0.1, 0.15) is 6.23 Å². The number of hydrogen-bond acceptors (Lipinski definition) is 11. The van der Waals surface area contributed by atoms with E-state index in [4.69, 9.17) is 18.5 Å². The number of aromatic nitrogens is 2. The lowest BCUT2D eigenvalue weighted by Crippen LogP contribution is -2.40. The highest BCUT2D eigenvalue weighted by molar-refractivity contribution is 7.40. The molecule has 4 atom stereocenters. The number of nitro groups is 1. The molecule has 0 spiro atoms. The van der Waals surface area contributed by atoms with Gasteiger partial charge in [0, 0.05) is 38.1 Å². The molecule has 4 heterocycles. The smallest absolute Gasteiger partial charge is 0.329 e. The van der Waals surface area contributed by atoms with Crippen LogP contribution in [0.15, 0.2) is 48.0 Å². The summed E-state index contributed by atoms with van der Waals surface area (Å²) in [7, 11) is -0.498. The number of imidazole rings is 1. The monoisotopic (exact) mass is 504 g/mol. The van der Waals surface area contributed by atoms with Gasteiger partial charge in [-0.25, -0.2) is 9.98 Å². The molecule has 3 aliphatic rings. The van der Waals surface area contributed by atoms with Gasteiger partial charge in [0.15, 0.2) is 11.5 Å². The molecule has 0 bridgehead atoms. The summed E-state index contributed by atoms with van der Waals surface area (Å²) in [6, 6.07) is 6.41. The van der Waals surface area contributed by atoms with E-state index in [9.17, 15) is 15.0 Å². The van der Waals surface area contributed by atoms with E-state index in [2.05, 4.69) is 15.3 Å². The molecule has 4 unspecified atom stereocenters. The fourth-order valence-electron chi connectivity index (χ4n) is 4.17. The van der Waals surface area contributed by atoms with E-state index >= 15 is 0 Å². The summed E-state index contributed by atoms with van der Waals surface area (Å²) in [5.41, 5.74) is 1.59.